The molecule has 0 bridgehead atoms. The largest absolute Gasteiger partial charge is 0.353 e. The van der Waals surface area contributed by atoms with Gasteiger partial charge >= 0.3 is 7.60 Å². The van der Waals surface area contributed by atoms with Crippen molar-refractivity contribution < 1.29 is 56.2 Å². The van der Waals surface area contributed by atoms with E-state index in [0.717, 1.165) is 0 Å². The van der Waals surface area contributed by atoms with Gasteiger partial charge in [0.1, 0.15) is 36.6 Å². The Morgan fingerprint density at radius 2 is 1.27 bits per heavy atom. The van der Waals surface area contributed by atoms with E-state index in [2.05, 4.69) is 0 Å². The maximum Gasteiger partial charge on any atom is 0.330 e. The van der Waals surface area contributed by atoms with Gasteiger partial charge in [0, 0.05) is 7.11 Å². The van der Waals surface area contributed by atoms with E-state index >= 15 is 0 Å². The Balaban J connectivity index is 1.24. The van der Waals surface area contributed by atoms with E-state index in [1.54, 1.807) is 14.0 Å². The van der Waals surface area contributed by atoms with Crippen LogP contribution in [-0.4, -0.2) is 99.2 Å². The minimum atomic E-state index is -3.52. The fraction of sp³-hybridized carbons (Fsp3) is 1.00. The van der Waals surface area contributed by atoms with E-state index in [9.17, 15) is 4.57 Å². The zero-order valence-electron chi connectivity index (χ0n) is 22.9. The molecule has 1 unspecified atom stereocenters. The quantitative estimate of drug-likeness (QED) is 0.391. The molecule has 12 nitrogen and oxygen atoms in total. The van der Waals surface area contributed by atoms with Crippen LogP contribution in [0.2, 0.25) is 0 Å². The average Bonchev–Trinajstić information content (AvgIpc) is 3.47. The van der Waals surface area contributed by atoms with E-state index < -0.39 is 74.2 Å². The molecule has 0 saturated carbocycles. The van der Waals surface area contributed by atoms with Crippen LogP contribution in [0, 0.1) is 0 Å². The standard InChI is InChI=1S/C24H41O12P/c1-9-27-37(25,28-12-14-16-18(20(26-8)30-14)34-23(4,5)32-16)11-10-13-15-17(33-22(2,3)31-15)19-21(29-13)36-24(6,7)35-19/h13-21H,9-12H2,1-8H3/t13-,14-,15+,16-,17+,18-,19-,20-,21+,37?/m1/s1. The van der Waals surface area contributed by atoms with Crippen LogP contribution in [0.15, 0.2) is 0 Å². The van der Waals surface area contributed by atoms with E-state index in [1.807, 2.05) is 41.5 Å². The molecule has 0 N–H and O–H groups in total. The predicted octanol–water partition coefficient (Wildman–Crippen LogP) is 2.91. The van der Waals surface area contributed by atoms with E-state index in [4.69, 9.17) is 51.7 Å². The molecule has 5 heterocycles. The minimum absolute atomic E-state index is 0.00218. The highest BCUT2D eigenvalue weighted by Crippen LogP contribution is 2.52. The monoisotopic (exact) mass is 552 g/mol. The maximum absolute atomic E-state index is 13.7. The third-order valence-electron chi connectivity index (χ3n) is 7.04. The Bertz CT molecular complexity index is 880. The Morgan fingerprint density at radius 3 is 1.92 bits per heavy atom. The molecule has 37 heavy (non-hydrogen) atoms. The van der Waals surface area contributed by atoms with Gasteiger partial charge in [-0.15, -0.1) is 0 Å². The van der Waals surface area contributed by atoms with Crippen LogP contribution in [-0.2, 0) is 56.2 Å². The summed E-state index contributed by atoms with van der Waals surface area (Å²) in [4.78, 5) is 0. The van der Waals surface area contributed by atoms with Crippen molar-refractivity contribution in [2.75, 3.05) is 26.5 Å². The van der Waals surface area contributed by atoms with E-state index in [-0.39, 0.29) is 25.5 Å². The van der Waals surface area contributed by atoms with Crippen LogP contribution < -0.4 is 0 Å². The summed E-state index contributed by atoms with van der Waals surface area (Å²) in [6.07, 6.45) is -3.80. The number of hydrogen-bond acceptors (Lipinski definition) is 12. The van der Waals surface area contributed by atoms with E-state index in [0.29, 0.717) is 6.42 Å². The molecule has 0 aromatic rings. The lowest BCUT2D eigenvalue weighted by Gasteiger charge is -2.37. The average molecular weight is 553 g/mol. The SMILES string of the molecule is CCOP(=O)(CC[C@H]1O[C@H]2OC(C)(C)O[C@@H]2[C@H]2OC(C)(C)O[C@H]21)OC[C@H]1O[C@@H](OC)[C@@H]2OC(C)(C)O[C@@H]21. The highest BCUT2D eigenvalue weighted by molar-refractivity contribution is 7.53. The molecule has 13 heteroatoms. The van der Waals surface area contributed by atoms with Crippen molar-refractivity contribution in [3.05, 3.63) is 0 Å². The van der Waals surface area contributed by atoms with Crippen LogP contribution in [0.25, 0.3) is 0 Å². The molecule has 0 aliphatic carbocycles. The lowest BCUT2D eigenvalue weighted by atomic mass is 9.97. The number of methoxy groups -OCH3 is 1. The second kappa shape index (κ2) is 10.0. The predicted molar refractivity (Wildman–Crippen MR) is 127 cm³/mol. The number of rotatable bonds is 9. The highest BCUT2D eigenvalue weighted by atomic mass is 31.2. The van der Waals surface area contributed by atoms with E-state index in [1.165, 1.54) is 0 Å². The van der Waals surface area contributed by atoms with Gasteiger partial charge in [0.25, 0.3) is 0 Å². The smallest absolute Gasteiger partial charge is 0.330 e. The molecule has 5 rings (SSSR count). The van der Waals surface area contributed by atoms with Gasteiger partial charge in [-0.1, -0.05) is 0 Å². The van der Waals surface area contributed by atoms with Crippen molar-refractivity contribution in [1.29, 1.82) is 0 Å². The van der Waals surface area contributed by atoms with Gasteiger partial charge in [-0.2, -0.15) is 0 Å². The second-order valence-corrected chi connectivity index (χ2v) is 13.6. The molecule has 0 amide bonds. The third-order valence-corrected chi connectivity index (χ3v) is 9.04. The van der Waals surface area contributed by atoms with Crippen molar-refractivity contribution in [3.8, 4) is 0 Å². The molecule has 5 fully saturated rings. The normalized spacial score (nSPS) is 44.8. The van der Waals surface area contributed by atoms with Crippen molar-refractivity contribution >= 4 is 7.60 Å². The first-order valence-electron chi connectivity index (χ1n) is 13.0. The molecule has 0 radical (unpaired) electrons. The lowest BCUT2D eigenvalue weighted by molar-refractivity contribution is -0.234. The molecule has 10 atom stereocenters. The van der Waals surface area contributed by atoms with Gasteiger partial charge in [0.15, 0.2) is 29.9 Å². The summed E-state index contributed by atoms with van der Waals surface area (Å²) >= 11 is 0. The number of hydrogen-bond donors (Lipinski definition) is 0. The zero-order valence-corrected chi connectivity index (χ0v) is 23.8. The highest BCUT2D eigenvalue weighted by Gasteiger charge is 2.61. The van der Waals surface area contributed by atoms with Crippen molar-refractivity contribution in [2.24, 2.45) is 0 Å². The molecular weight excluding hydrogens is 511 g/mol. The van der Waals surface area contributed by atoms with Crippen LogP contribution in [0.3, 0.4) is 0 Å². The summed E-state index contributed by atoms with van der Waals surface area (Å²) in [5.74, 6) is -2.40. The Hall–Kier alpha value is -0.210. The molecule has 214 valence electrons. The Morgan fingerprint density at radius 1 is 0.703 bits per heavy atom. The molecule has 0 spiro atoms. The first-order chi connectivity index (χ1) is 17.2. The number of fused-ring (bicyclic) bond motifs is 4. The second-order valence-electron chi connectivity index (χ2n) is 11.4. The van der Waals surface area contributed by atoms with Gasteiger partial charge < -0.3 is 51.7 Å². The van der Waals surface area contributed by atoms with Crippen LogP contribution >= 0.6 is 7.60 Å². The summed E-state index contributed by atoms with van der Waals surface area (Å²) in [6.45, 7) is 13.0. The summed E-state index contributed by atoms with van der Waals surface area (Å²) in [6, 6.07) is 0. The summed E-state index contributed by atoms with van der Waals surface area (Å²) in [5, 5.41) is 0. The minimum Gasteiger partial charge on any atom is -0.353 e. The molecule has 5 saturated heterocycles. The first kappa shape index (κ1) is 28.3. The Labute approximate surface area is 218 Å². The van der Waals surface area contributed by atoms with Crippen molar-refractivity contribution in [1.82, 2.24) is 0 Å². The van der Waals surface area contributed by atoms with Gasteiger partial charge in [-0.05, 0) is 54.9 Å². The molecule has 5 aliphatic heterocycles. The molecular formula is C24H41O12P. The van der Waals surface area contributed by atoms with Crippen molar-refractivity contribution in [2.45, 2.75) is 128 Å². The molecule has 5 aliphatic rings. The summed E-state index contributed by atoms with van der Waals surface area (Å²) < 4.78 is 79.2. The van der Waals surface area contributed by atoms with Crippen LogP contribution in [0.1, 0.15) is 54.9 Å². The van der Waals surface area contributed by atoms with Gasteiger partial charge in [0.05, 0.1) is 25.5 Å². The van der Waals surface area contributed by atoms with Gasteiger partial charge in [0.2, 0.25) is 0 Å². The number of ether oxygens (including phenoxy) is 9. The van der Waals surface area contributed by atoms with Crippen LogP contribution in [0.4, 0.5) is 0 Å². The first-order valence-corrected chi connectivity index (χ1v) is 14.8. The van der Waals surface area contributed by atoms with Crippen LogP contribution in [0.5, 0.6) is 0 Å². The fourth-order valence-corrected chi connectivity index (χ4v) is 7.40. The van der Waals surface area contributed by atoms with Gasteiger partial charge in [-0.3, -0.25) is 4.57 Å². The molecule has 0 aromatic carbocycles. The fourth-order valence-electron chi connectivity index (χ4n) is 5.73. The summed E-state index contributed by atoms with van der Waals surface area (Å²) in [5.41, 5.74) is 0. The van der Waals surface area contributed by atoms with Crippen molar-refractivity contribution in [3.63, 3.8) is 0 Å². The topological polar surface area (TPSA) is 119 Å². The lowest BCUT2D eigenvalue weighted by Crippen LogP contribution is -2.55. The maximum atomic E-state index is 13.7. The van der Waals surface area contributed by atoms with Gasteiger partial charge in [-0.25, -0.2) is 0 Å². The molecule has 0 aromatic heterocycles. The zero-order chi connectivity index (χ0) is 26.8. The third kappa shape index (κ3) is 5.82. The summed E-state index contributed by atoms with van der Waals surface area (Å²) in [7, 11) is -1.98. The Kier molecular flexibility index (Phi) is 7.66.